The van der Waals surface area contributed by atoms with Gasteiger partial charge in [0.05, 0.1) is 5.92 Å². The first kappa shape index (κ1) is 15.9. The molecule has 1 unspecified atom stereocenters. The summed E-state index contributed by atoms with van der Waals surface area (Å²) in [6.45, 7) is 7.73. The van der Waals surface area contributed by atoms with Crippen LogP contribution >= 0.6 is 0 Å². The average molecular weight is 245 g/mol. The van der Waals surface area contributed by atoms with E-state index >= 15 is 0 Å². The molecule has 0 aromatic carbocycles. The molecule has 17 heavy (non-hydrogen) atoms. The van der Waals surface area contributed by atoms with E-state index < -0.39 is 17.9 Å². The highest BCUT2D eigenvalue weighted by atomic mass is 16.4. The van der Waals surface area contributed by atoms with Gasteiger partial charge < -0.3 is 15.1 Å². The smallest absolute Gasteiger partial charge is 0.307 e. The molecule has 100 valence electrons. The van der Waals surface area contributed by atoms with Gasteiger partial charge in [-0.05, 0) is 18.9 Å². The first-order valence-electron chi connectivity index (χ1n) is 5.99. The van der Waals surface area contributed by atoms with E-state index in [0.717, 1.165) is 6.54 Å². The Kier molecular flexibility index (Phi) is 7.54. The van der Waals surface area contributed by atoms with Crippen LogP contribution in [0.5, 0.6) is 0 Å². The maximum atomic E-state index is 10.8. The van der Waals surface area contributed by atoms with E-state index in [9.17, 15) is 9.59 Å². The molecule has 0 aromatic rings. The van der Waals surface area contributed by atoms with Gasteiger partial charge in [-0.2, -0.15) is 0 Å². The molecule has 0 rings (SSSR count). The number of carboxylic acid groups (broad SMARTS) is 2. The highest BCUT2D eigenvalue weighted by Gasteiger charge is 2.16. The molecule has 0 radical (unpaired) electrons. The maximum Gasteiger partial charge on any atom is 0.307 e. The van der Waals surface area contributed by atoms with E-state index in [1.54, 1.807) is 6.92 Å². The van der Waals surface area contributed by atoms with Gasteiger partial charge in [0.15, 0.2) is 0 Å². The van der Waals surface area contributed by atoms with Crippen molar-refractivity contribution >= 4 is 11.9 Å². The summed E-state index contributed by atoms with van der Waals surface area (Å²) in [5.41, 5.74) is 0. The van der Waals surface area contributed by atoms with Crippen LogP contribution in [0.4, 0.5) is 0 Å². The van der Waals surface area contributed by atoms with Crippen LogP contribution in [-0.4, -0.2) is 46.7 Å². The standard InChI is InChI=1S/C12H23NO4/c1-9(2)7-13(6-4-5-11(14)15)8-10(3)12(16)17/h9-10H,4-8H2,1-3H3,(H,14,15)(H,16,17). The third-order valence-electron chi connectivity index (χ3n) is 2.44. The predicted molar refractivity (Wildman–Crippen MR) is 64.9 cm³/mol. The lowest BCUT2D eigenvalue weighted by Crippen LogP contribution is -2.35. The fraction of sp³-hybridized carbons (Fsp3) is 0.833. The van der Waals surface area contributed by atoms with Gasteiger partial charge in [0.25, 0.3) is 0 Å². The molecule has 5 heteroatoms. The van der Waals surface area contributed by atoms with Gasteiger partial charge in [0.1, 0.15) is 0 Å². The Morgan fingerprint density at radius 1 is 1.12 bits per heavy atom. The lowest BCUT2D eigenvalue weighted by molar-refractivity contribution is -0.142. The molecular formula is C12H23NO4. The number of hydrogen-bond donors (Lipinski definition) is 2. The van der Waals surface area contributed by atoms with E-state index in [-0.39, 0.29) is 6.42 Å². The fourth-order valence-electron chi connectivity index (χ4n) is 1.69. The summed E-state index contributed by atoms with van der Waals surface area (Å²) < 4.78 is 0. The van der Waals surface area contributed by atoms with E-state index in [4.69, 9.17) is 10.2 Å². The monoisotopic (exact) mass is 245 g/mol. The van der Waals surface area contributed by atoms with Crippen LogP contribution in [0.3, 0.4) is 0 Å². The van der Waals surface area contributed by atoms with E-state index in [1.807, 2.05) is 4.90 Å². The first-order chi connectivity index (χ1) is 7.82. The second kappa shape index (κ2) is 8.06. The molecule has 0 aliphatic carbocycles. The van der Waals surface area contributed by atoms with Crippen molar-refractivity contribution in [3.05, 3.63) is 0 Å². The summed E-state index contributed by atoms with van der Waals surface area (Å²) in [4.78, 5) is 23.2. The van der Waals surface area contributed by atoms with Crippen molar-refractivity contribution in [2.24, 2.45) is 11.8 Å². The van der Waals surface area contributed by atoms with Gasteiger partial charge in [-0.15, -0.1) is 0 Å². The van der Waals surface area contributed by atoms with E-state index in [0.29, 0.717) is 25.4 Å². The Bertz CT molecular complexity index is 253. The molecule has 0 fully saturated rings. The maximum absolute atomic E-state index is 10.8. The molecule has 0 spiro atoms. The van der Waals surface area contributed by atoms with Crippen LogP contribution in [0.25, 0.3) is 0 Å². The van der Waals surface area contributed by atoms with Gasteiger partial charge in [0, 0.05) is 19.5 Å². The second-order valence-corrected chi connectivity index (χ2v) is 4.89. The van der Waals surface area contributed by atoms with Crippen LogP contribution < -0.4 is 0 Å². The number of carbonyl (C=O) groups is 2. The quantitative estimate of drug-likeness (QED) is 0.644. The molecule has 2 N–H and O–H groups in total. The van der Waals surface area contributed by atoms with Crippen LogP contribution in [0, 0.1) is 11.8 Å². The zero-order valence-electron chi connectivity index (χ0n) is 10.8. The van der Waals surface area contributed by atoms with Crippen molar-refractivity contribution in [2.75, 3.05) is 19.6 Å². The fourth-order valence-corrected chi connectivity index (χ4v) is 1.69. The average Bonchev–Trinajstić information content (AvgIpc) is 2.15. The largest absolute Gasteiger partial charge is 0.481 e. The summed E-state index contributed by atoms with van der Waals surface area (Å²) >= 11 is 0. The summed E-state index contributed by atoms with van der Waals surface area (Å²) in [5, 5.41) is 17.4. The van der Waals surface area contributed by atoms with Crippen LogP contribution in [0.1, 0.15) is 33.6 Å². The van der Waals surface area contributed by atoms with Gasteiger partial charge in [-0.25, -0.2) is 0 Å². The Hall–Kier alpha value is -1.10. The summed E-state index contributed by atoms with van der Waals surface area (Å²) in [6.07, 6.45) is 0.699. The topological polar surface area (TPSA) is 77.8 Å². The summed E-state index contributed by atoms with van der Waals surface area (Å²) in [5.74, 6) is -1.59. The van der Waals surface area contributed by atoms with E-state index in [1.165, 1.54) is 0 Å². The Morgan fingerprint density at radius 2 is 1.71 bits per heavy atom. The third-order valence-corrected chi connectivity index (χ3v) is 2.44. The molecule has 0 bridgehead atoms. The molecular weight excluding hydrogens is 222 g/mol. The first-order valence-corrected chi connectivity index (χ1v) is 5.99. The third kappa shape index (κ3) is 8.68. The number of nitrogens with zero attached hydrogens (tertiary/aromatic N) is 1. The minimum Gasteiger partial charge on any atom is -0.481 e. The molecule has 0 amide bonds. The molecule has 0 aromatic heterocycles. The van der Waals surface area contributed by atoms with Crippen LogP contribution in [0.2, 0.25) is 0 Å². The van der Waals surface area contributed by atoms with Crippen molar-refractivity contribution < 1.29 is 19.8 Å². The van der Waals surface area contributed by atoms with Crippen molar-refractivity contribution in [2.45, 2.75) is 33.6 Å². The van der Waals surface area contributed by atoms with E-state index in [2.05, 4.69) is 13.8 Å². The number of aliphatic carboxylic acids is 2. The SMILES string of the molecule is CC(C)CN(CCCC(=O)O)CC(C)C(=O)O. The van der Waals surface area contributed by atoms with Gasteiger partial charge >= 0.3 is 11.9 Å². The van der Waals surface area contributed by atoms with Crippen molar-refractivity contribution in [3.63, 3.8) is 0 Å². The van der Waals surface area contributed by atoms with Gasteiger partial charge in [0.2, 0.25) is 0 Å². The van der Waals surface area contributed by atoms with Crippen molar-refractivity contribution in [3.8, 4) is 0 Å². The minimum atomic E-state index is -0.808. The normalized spacial score (nSPS) is 13.0. The molecule has 1 atom stereocenters. The second-order valence-electron chi connectivity index (χ2n) is 4.89. The molecule has 0 aliphatic rings. The highest BCUT2D eigenvalue weighted by molar-refractivity contribution is 5.69. The molecule has 0 saturated heterocycles. The molecule has 0 saturated carbocycles. The predicted octanol–water partition coefficient (Wildman–Crippen LogP) is 1.53. The number of rotatable bonds is 9. The molecule has 5 nitrogen and oxygen atoms in total. The number of carboxylic acids is 2. The zero-order valence-corrected chi connectivity index (χ0v) is 10.8. The molecule has 0 heterocycles. The lowest BCUT2D eigenvalue weighted by atomic mass is 10.1. The van der Waals surface area contributed by atoms with Gasteiger partial charge in [-0.3, -0.25) is 9.59 Å². The summed E-state index contributed by atoms with van der Waals surface area (Å²) in [6, 6.07) is 0. The Labute approximate surface area is 102 Å². The van der Waals surface area contributed by atoms with Crippen LogP contribution in [-0.2, 0) is 9.59 Å². The van der Waals surface area contributed by atoms with Crippen molar-refractivity contribution in [1.29, 1.82) is 0 Å². The lowest BCUT2D eigenvalue weighted by Gasteiger charge is -2.25. The number of hydrogen-bond acceptors (Lipinski definition) is 3. The van der Waals surface area contributed by atoms with Crippen LogP contribution in [0.15, 0.2) is 0 Å². The molecule has 0 aliphatic heterocycles. The zero-order chi connectivity index (χ0) is 13.4. The minimum absolute atomic E-state index is 0.135. The highest BCUT2D eigenvalue weighted by Crippen LogP contribution is 2.06. The summed E-state index contributed by atoms with van der Waals surface area (Å²) in [7, 11) is 0. The van der Waals surface area contributed by atoms with Gasteiger partial charge in [-0.1, -0.05) is 20.8 Å². The Morgan fingerprint density at radius 3 is 2.12 bits per heavy atom. The Balaban J connectivity index is 4.13. The van der Waals surface area contributed by atoms with Crippen molar-refractivity contribution in [1.82, 2.24) is 4.90 Å².